The van der Waals surface area contributed by atoms with Crippen LogP contribution in [-0.4, -0.2) is 46.5 Å². The van der Waals surface area contributed by atoms with E-state index in [9.17, 15) is 0 Å². The second-order valence-electron chi connectivity index (χ2n) is 5.10. The van der Waals surface area contributed by atoms with E-state index < -0.39 is 0 Å². The molecule has 102 valence electrons. The third kappa shape index (κ3) is 3.10. The van der Waals surface area contributed by atoms with Crippen LogP contribution in [0.5, 0.6) is 0 Å². The Balaban J connectivity index is 2.00. The number of rotatable bonds is 4. The fourth-order valence-corrected chi connectivity index (χ4v) is 2.42. The third-order valence-electron chi connectivity index (χ3n) is 3.43. The lowest BCUT2D eigenvalue weighted by molar-refractivity contribution is -0.0410. The van der Waals surface area contributed by atoms with Crippen molar-refractivity contribution < 1.29 is 4.74 Å². The van der Waals surface area contributed by atoms with Gasteiger partial charge in [0.1, 0.15) is 0 Å². The van der Waals surface area contributed by atoms with Gasteiger partial charge in [0, 0.05) is 32.2 Å². The molecule has 0 aromatic carbocycles. The monoisotopic (exact) mass is 252 g/mol. The average molecular weight is 252 g/mol. The van der Waals surface area contributed by atoms with Gasteiger partial charge in [-0.3, -0.25) is 9.58 Å². The van der Waals surface area contributed by atoms with Gasteiger partial charge in [-0.15, -0.1) is 0 Å². The molecular weight excluding hydrogens is 228 g/mol. The molecule has 5 nitrogen and oxygen atoms in total. The first-order valence-corrected chi connectivity index (χ1v) is 6.73. The summed E-state index contributed by atoms with van der Waals surface area (Å²) in [6, 6.07) is 2.26. The molecule has 2 unspecified atom stereocenters. The molecule has 2 N–H and O–H groups in total. The number of ether oxygens (including phenoxy) is 1. The molecule has 0 bridgehead atoms. The maximum absolute atomic E-state index is 5.91. The lowest BCUT2D eigenvalue weighted by Crippen LogP contribution is -2.49. The van der Waals surface area contributed by atoms with Gasteiger partial charge in [0.2, 0.25) is 0 Å². The van der Waals surface area contributed by atoms with Crippen molar-refractivity contribution in [3.8, 4) is 0 Å². The van der Waals surface area contributed by atoms with E-state index in [4.69, 9.17) is 10.5 Å². The van der Waals surface area contributed by atoms with Crippen LogP contribution in [0.25, 0.3) is 0 Å². The fourth-order valence-electron chi connectivity index (χ4n) is 2.42. The number of hydrogen-bond donors (Lipinski definition) is 1. The first-order valence-electron chi connectivity index (χ1n) is 6.73. The van der Waals surface area contributed by atoms with Gasteiger partial charge >= 0.3 is 0 Å². The average Bonchev–Trinajstić information content (AvgIpc) is 2.69. The van der Waals surface area contributed by atoms with Crippen LogP contribution in [0.15, 0.2) is 6.07 Å². The van der Waals surface area contributed by atoms with Crippen LogP contribution in [0.3, 0.4) is 0 Å². The summed E-state index contributed by atoms with van der Waals surface area (Å²) < 4.78 is 7.76. The summed E-state index contributed by atoms with van der Waals surface area (Å²) in [7, 11) is 0. The van der Waals surface area contributed by atoms with Crippen molar-refractivity contribution in [2.45, 2.75) is 46.0 Å². The molecule has 1 aromatic heterocycles. The summed E-state index contributed by atoms with van der Waals surface area (Å²) in [6.07, 6.45) is 0.151. The Labute approximate surface area is 109 Å². The molecule has 2 heterocycles. The minimum absolute atomic E-state index is 0.0885. The van der Waals surface area contributed by atoms with Gasteiger partial charge in [0.15, 0.2) is 0 Å². The highest BCUT2D eigenvalue weighted by molar-refractivity contribution is 5.09. The van der Waals surface area contributed by atoms with E-state index in [0.717, 1.165) is 38.5 Å². The minimum Gasteiger partial charge on any atom is -0.374 e. The van der Waals surface area contributed by atoms with Crippen molar-refractivity contribution in [3.63, 3.8) is 0 Å². The van der Waals surface area contributed by atoms with E-state index in [1.54, 1.807) is 0 Å². The van der Waals surface area contributed by atoms with Gasteiger partial charge in [-0.1, -0.05) is 0 Å². The second kappa shape index (κ2) is 5.82. The number of morpholine rings is 1. The summed E-state index contributed by atoms with van der Waals surface area (Å²) in [5.74, 6) is 0. The van der Waals surface area contributed by atoms with Crippen molar-refractivity contribution in [2.75, 3.05) is 19.7 Å². The number of nitrogens with two attached hydrogens (primary N) is 1. The summed E-state index contributed by atoms with van der Waals surface area (Å²) in [4.78, 5) is 2.40. The van der Waals surface area contributed by atoms with Gasteiger partial charge in [-0.2, -0.15) is 5.10 Å². The quantitative estimate of drug-likeness (QED) is 0.859. The van der Waals surface area contributed by atoms with Crippen LogP contribution >= 0.6 is 0 Å². The number of aromatic nitrogens is 2. The van der Waals surface area contributed by atoms with E-state index in [1.807, 2.05) is 13.8 Å². The molecule has 0 amide bonds. The first-order chi connectivity index (χ1) is 8.60. The molecule has 0 saturated carbocycles. The Kier molecular flexibility index (Phi) is 4.37. The maximum atomic E-state index is 5.91. The number of nitrogens with zero attached hydrogens (tertiary/aromatic N) is 3. The molecule has 1 aliphatic rings. The molecule has 18 heavy (non-hydrogen) atoms. The molecule has 2 rings (SSSR count). The number of hydrogen-bond acceptors (Lipinski definition) is 4. The van der Waals surface area contributed by atoms with Crippen molar-refractivity contribution in [1.82, 2.24) is 14.7 Å². The van der Waals surface area contributed by atoms with E-state index in [1.165, 1.54) is 5.69 Å². The smallest absolute Gasteiger partial charge is 0.0850 e. The molecule has 1 aromatic rings. The normalized spacial score (nSPS) is 23.2. The van der Waals surface area contributed by atoms with Crippen molar-refractivity contribution in [3.05, 3.63) is 17.5 Å². The standard InChI is InChI=1S/C13H24N4O/c1-4-17-12(7-10(2)15-17)8-16-5-6-18-13(9-16)11(3)14/h7,11,13H,4-6,8-9,14H2,1-3H3. The van der Waals surface area contributed by atoms with Gasteiger partial charge in [0.05, 0.1) is 24.1 Å². The predicted molar refractivity (Wildman–Crippen MR) is 71.3 cm³/mol. The van der Waals surface area contributed by atoms with Crippen LogP contribution in [-0.2, 0) is 17.8 Å². The molecule has 0 spiro atoms. The highest BCUT2D eigenvalue weighted by atomic mass is 16.5. The van der Waals surface area contributed by atoms with E-state index in [-0.39, 0.29) is 12.1 Å². The zero-order valence-electron chi connectivity index (χ0n) is 11.6. The van der Waals surface area contributed by atoms with Crippen molar-refractivity contribution in [2.24, 2.45) is 5.73 Å². The summed E-state index contributed by atoms with van der Waals surface area (Å²) in [5.41, 5.74) is 8.28. The lowest BCUT2D eigenvalue weighted by Gasteiger charge is -2.34. The van der Waals surface area contributed by atoms with E-state index in [2.05, 4.69) is 27.7 Å². The third-order valence-corrected chi connectivity index (χ3v) is 3.43. The molecule has 0 aliphatic carbocycles. The molecule has 2 atom stereocenters. The Morgan fingerprint density at radius 3 is 3.06 bits per heavy atom. The van der Waals surface area contributed by atoms with Crippen LogP contribution in [0.2, 0.25) is 0 Å². The predicted octanol–water partition coefficient (Wildman–Crippen LogP) is 0.759. The first kappa shape index (κ1) is 13.5. The van der Waals surface area contributed by atoms with Crippen LogP contribution < -0.4 is 5.73 Å². The van der Waals surface area contributed by atoms with Gasteiger partial charge < -0.3 is 10.5 Å². The SMILES string of the molecule is CCn1nc(C)cc1CN1CCOC(C(C)N)C1. The Bertz CT molecular complexity index is 388. The van der Waals surface area contributed by atoms with Crippen molar-refractivity contribution >= 4 is 0 Å². The van der Waals surface area contributed by atoms with E-state index in [0.29, 0.717) is 0 Å². The molecule has 5 heteroatoms. The van der Waals surface area contributed by atoms with Gasteiger partial charge in [-0.05, 0) is 26.8 Å². The Morgan fingerprint density at radius 1 is 1.61 bits per heavy atom. The Hall–Kier alpha value is -0.910. The van der Waals surface area contributed by atoms with Gasteiger partial charge in [0.25, 0.3) is 0 Å². The zero-order valence-corrected chi connectivity index (χ0v) is 11.6. The molecule has 1 aliphatic heterocycles. The summed E-state index contributed by atoms with van der Waals surface area (Å²) in [5, 5.41) is 4.48. The van der Waals surface area contributed by atoms with Crippen LogP contribution in [0.4, 0.5) is 0 Å². The van der Waals surface area contributed by atoms with Gasteiger partial charge in [-0.25, -0.2) is 0 Å². The minimum atomic E-state index is 0.0885. The van der Waals surface area contributed by atoms with E-state index >= 15 is 0 Å². The molecular formula is C13H24N4O. The second-order valence-corrected chi connectivity index (χ2v) is 5.10. The zero-order chi connectivity index (χ0) is 13.1. The summed E-state index contributed by atoms with van der Waals surface area (Å²) >= 11 is 0. The molecule has 0 radical (unpaired) electrons. The largest absolute Gasteiger partial charge is 0.374 e. The van der Waals surface area contributed by atoms with Crippen molar-refractivity contribution in [1.29, 1.82) is 0 Å². The van der Waals surface area contributed by atoms with Crippen LogP contribution in [0.1, 0.15) is 25.2 Å². The topological polar surface area (TPSA) is 56.3 Å². The highest BCUT2D eigenvalue weighted by Crippen LogP contribution is 2.13. The Morgan fingerprint density at radius 2 is 2.39 bits per heavy atom. The van der Waals surface area contributed by atoms with Crippen LogP contribution in [0, 0.1) is 6.92 Å². The highest BCUT2D eigenvalue weighted by Gasteiger charge is 2.24. The molecule has 1 saturated heterocycles. The molecule has 1 fully saturated rings. The number of aryl methyl sites for hydroxylation is 2. The summed E-state index contributed by atoms with van der Waals surface area (Å²) in [6.45, 7) is 10.7. The fraction of sp³-hybridized carbons (Fsp3) is 0.769. The lowest BCUT2D eigenvalue weighted by atomic mass is 10.1. The maximum Gasteiger partial charge on any atom is 0.0850 e.